The van der Waals surface area contributed by atoms with Crippen molar-refractivity contribution in [3.63, 3.8) is 0 Å². The van der Waals surface area contributed by atoms with E-state index in [2.05, 4.69) is 10.6 Å². The van der Waals surface area contributed by atoms with Gasteiger partial charge in [-0.15, -0.1) is 0 Å². The van der Waals surface area contributed by atoms with Crippen molar-refractivity contribution in [3.8, 4) is 0 Å². The molecule has 0 rings (SSSR count). The quantitative estimate of drug-likeness (QED) is 0.470. The first-order chi connectivity index (χ1) is 8.32. The number of aliphatic hydroxyl groups excluding tert-OH is 1. The number of carbonyl (C=O) groups is 2. The van der Waals surface area contributed by atoms with E-state index >= 15 is 0 Å². The number of nitrogens with one attached hydrogen (secondary N) is 2. The van der Waals surface area contributed by atoms with Gasteiger partial charge in [0.15, 0.2) is 6.10 Å². The summed E-state index contributed by atoms with van der Waals surface area (Å²) >= 11 is 0. The minimum absolute atomic E-state index is 0.00513. The Balaban J connectivity index is 3.67. The van der Waals surface area contributed by atoms with Crippen LogP contribution in [0.2, 0.25) is 0 Å². The lowest BCUT2D eigenvalue weighted by molar-refractivity contribution is -0.146. The van der Waals surface area contributed by atoms with Gasteiger partial charge in [-0.05, 0) is 34.0 Å². The molecule has 0 saturated heterocycles. The van der Waals surface area contributed by atoms with Gasteiger partial charge < -0.3 is 25.7 Å². The van der Waals surface area contributed by atoms with Crippen LogP contribution in [0, 0.1) is 0 Å². The highest BCUT2D eigenvalue weighted by atomic mass is 16.4. The topological polar surface area (TPSA) is 102 Å². The number of rotatable bonds is 8. The zero-order chi connectivity index (χ0) is 14.1. The number of carboxylic acid groups (broad SMARTS) is 1. The molecule has 0 aliphatic rings. The summed E-state index contributed by atoms with van der Waals surface area (Å²) in [6.45, 7) is 2.90. The molecule has 4 N–H and O–H groups in total. The second kappa shape index (κ2) is 8.71. The summed E-state index contributed by atoms with van der Waals surface area (Å²) in [5.74, 6) is -1.28. The molecule has 106 valence electrons. The second-order valence-electron chi connectivity index (χ2n) is 4.54. The van der Waals surface area contributed by atoms with Gasteiger partial charge in [0.2, 0.25) is 0 Å². The molecular formula is C11H23N3O4. The number of aliphatic carboxylic acids is 1. The number of aliphatic hydroxyl groups is 1. The number of amides is 2. The van der Waals surface area contributed by atoms with Crippen molar-refractivity contribution in [3.05, 3.63) is 0 Å². The van der Waals surface area contributed by atoms with Gasteiger partial charge in [-0.1, -0.05) is 0 Å². The first kappa shape index (κ1) is 16.7. The van der Waals surface area contributed by atoms with Gasteiger partial charge in [0.25, 0.3) is 0 Å². The molecule has 0 saturated carbocycles. The van der Waals surface area contributed by atoms with Crippen LogP contribution in [-0.2, 0) is 4.79 Å². The monoisotopic (exact) mass is 261 g/mol. The van der Waals surface area contributed by atoms with Crippen LogP contribution in [0.15, 0.2) is 0 Å². The van der Waals surface area contributed by atoms with Crippen molar-refractivity contribution >= 4 is 12.0 Å². The number of carbonyl (C=O) groups excluding carboxylic acids is 1. The van der Waals surface area contributed by atoms with Crippen LogP contribution in [0.25, 0.3) is 0 Å². The summed E-state index contributed by atoms with van der Waals surface area (Å²) in [5.41, 5.74) is 0. The molecule has 0 aromatic heterocycles. The highest BCUT2D eigenvalue weighted by Crippen LogP contribution is 1.93. The van der Waals surface area contributed by atoms with E-state index in [1.807, 2.05) is 25.9 Å². The second-order valence-corrected chi connectivity index (χ2v) is 4.54. The van der Waals surface area contributed by atoms with E-state index in [1.165, 1.54) is 0 Å². The highest BCUT2D eigenvalue weighted by molar-refractivity contribution is 5.74. The van der Waals surface area contributed by atoms with Crippen LogP contribution < -0.4 is 10.6 Å². The van der Waals surface area contributed by atoms with E-state index in [-0.39, 0.29) is 25.0 Å². The van der Waals surface area contributed by atoms with Gasteiger partial charge in [0, 0.05) is 19.0 Å². The molecule has 2 amide bonds. The molecule has 0 aromatic rings. The third kappa shape index (κ3) is 8.77. The van der Waals surface area contributed by atoms with E-state index in [0.717, 1.165) is 13.0 Å². The van der Waals surface area contributed by atoms with E-state index < -0.39 is 12.1 Å². The van der Waals surface area contributed by atoms with Gasteiger partial charge in [0.05, 0.1) is 0 Å². The summed E-state index contributed by atoms with van der Waals surface area (Å²) in [6, 6.07) is -0.310. The molecule has 0 bridgehead atoms. The van der Waals surface area contributed by atoms with Crippen LogP contribution >= 0.6 is 0 Å². The Morgan fingerprint density at radius 1 is 1.28 bits per heavy atom. The third-order valence-corrected chi connectivity index (χ3v) is 2.38. The van der Waals surface area contributed by atoms with Gasteiger partial charge in [-0.2, -0.15) is 0 Å². The zero-order valence-corrected chi connectivity index (χ0v) is 11.1. The summed E-state index contributed by atoms with van der Waals surface area (Å²) in [4.78, 5) is 23.7. The fourth-order valence-corrected chi connectivity index (χ4v) is 1.24. The van der Waals surface area contributed by atoms with Gasteiger partial charge >= 0.3 is 12.0 Å². The van der Waals surface area contributed by atoms with Crippen LogP contribution in [0.4, 0.5) is 4.79 Å². The third-order valence-electron chi connectivity index (χ3n) is 2.38. The normalized spacial score (nSPS) is 14.1. The minimum Gasteiger partial charge on any atom is -0.479 e. The number of hydrogen-bond acceptors (Lipinski definition) is 4. The Kier molecular flexibility index (Phi) is 8.06. The molecule has 2 unspecified atom stereocenters. The molecule has 0 aliphatic carbocycles. The summed E-state index contributed by atoms with van der Waals surface area (Å²) in [5, 5.41) is 22.7. The standard InChI is InChI=1S/C11H23N3O4/c1-8(5-7-14(2)3)13-11(18)12-6-4-9(15)10(16)17/h8-9,15H,4-7H2,1-3H3,(H,16,17)(H2,12,13,18). The molecule has 2 atom stereocenters. The number of urea groups is 1. The Labute approximate surface area is 107 Å². The fourth-order valence-electron chi connectivity index (χ4n) is 1.24. The van der Waals surface area contributed by atoms with Gasteiger partial charge in [-0.3, -0.25) is 0 Å². The Morgan fingerprint density at radius 3 is 2.39 bits per heavy atom. The first-order valence-corrected chi connectivity index (χ1v) is 5.93. The number of carboxylic acids is 1. The number of nitrogens with zero attached hydrogens (tertiary/aromatic N) is 1. The molecule has 0 spiro atoms. The molecule has 0 heterocycles. The molecule has 0 aliphatic heterocycles. The van der Waals surface area contributed by atoms with Crippen molar-refractivity contribution < 1.29 is 19.8 Å². The van der Waals surface area contributed by atoms with Crippen LogP contribution in [-0.4, -0.2) is 66.4 Å². The molecule has 0 aromatic carbocycles. The van der Waals surface area contributed by atoms with E-state index in [0.29, 0.717) is 0 Å². The van der Waals surface area contributed by atoms with Crippen molar-refractivity contribution in [2.75, 3.05) is 27.2 Å². The van der Waals surface area contributed by atoms with Crippen LogP contribution in [0.5, 0.6) is 0 Å². The van der Waals surface area contributed by atoms with Gasteiger partial charge in [0.1, 0.15) is 0 Å². The Bertz CT molecular complexity index is 271. The lowest BCUT2D eigenvalue weighted by Gasteiger charge is -2.17. The summed E-state index contributed by atoms with van der Waals surface area (Å²) in [7, 11) is 3.92. The maximum absolute atomic E-state index is 11.4. The Hall–Kier alpha value is -1.34. The van der Waals surface area contributed by atoms with Gasteiger partial charge in [-0.25, -0.2) is 9.59 Å². The molecule has 0 fully saturated rings. The average Bonchev–Trinajstić information content (AvgIpc) is 2.25. The van der Waals surface area contributed by atoms with E-state index in [9.17, 15) is 9.59 Å². The van der Waals surface area contributed by atoms with Crippen LogP contribution in [0.3, 0.4) is 0 Å². The van der Waals surface area contributed by atoms with Crippen molar-refractivity contribution in [1.29, 1.82) is 0 Å². The first-order valence-electron chi connectivity index (χ1n) is 5.93. The smallest absolute Gasteiger partial charge is 0.332 e. The predicted octanol–water partition coefficient (Wildman–Crippen LogP) is -0.539. The summed E-state index contributed by atoms with van der Waals surface area (Å²) in [6.07, 6.45) is -0.607. The van der Waals surface area contributed by atoms with Crippen molar-refractivity contribution in [2.24, 2.45) is 0 Å². The summed E-state index contributed by atoms with van der Waals surface area (Å²) < 4.78 is 0. The largest absolute Gasteiger partial charge is 0.479 e. The molecular weight excluding hydrogens is 238 g/mol. The lowest BCUT2D eigenvalue weighted by atomic mass is 10.2. The molecule has 18 heavy (non-hydrogen) atoms. The van der Waals surface area contributed by atoms with Crippen molar-refractivity contribution in [2.45, 2.75) is 31.9 Å². The van der Waals surface area contributed by atoms with Crippen molar-refractivity contribution in [1.82, 2.24) is 15.5 Å². The average molecular weight is 261 g/mol. The maximum atomic E-state index is 11.4. The van der Waals surface area contributed by atoms with Crippen LogP contribution in [0.1, 0.15) is 19.8 Å². The van der Waals surface area contributed by atoms with E-state index in [1.54, 1.807) is 0 Å². The maximum Gasteiger partial charge on any atom is 0.332 e. The number of hydrogen-bond donors (Lipinski definition) is 4. The molecule has 0 radical (unpaired) electrons. The Morgan fingerprint density at radius 2 is 1.89 bits per heavy atom. The lowest BCUT2D eigenvalue weighted by Crippen LogP contribution is -2.42. The predicted molar refractivity (Wildman–Crippen MR) is 67.4 cm³/mol. The SMILES string of the molecule is CC(CCN(C)C)NC(=O)NCCC(O)C(=O)O. The molecule has 7 nitrogen and oxygen atoms in total. The minimum atomic E-state index is -1.43. The van der Waals surface area contributed by atoms with E-state index in [4.69, 9.17) is 10.2 Å². The molecule has 7 heteroatoms. The fraction of sp³-hybridized carbons (Fsp3) is 0.818. The zero-order valence-electron chi connectivity index (χ0n) is 11.1. The highest BCUT2D eigenvalue weighted by Gasteiger charge is 2.13.